The van der Waals surface area contributed by atoms with Crippen molar-refractivity contribution in [2.75, 3.05) is 26.4 Å². The van der Waals surface area contributed by atoms with Crippen molar-refractivity contribution in [1.29, 1.82) is 0 Å². The first kappa shape index (κ1) is 20.8. The van der Waals surface area contributed by atoms with Crippen LogP contribution in [0.25, 0.3) is 0 Å². The topological polar surface area (TPSA) is 77.5 Å². The van der Waals surface area contributed by atoms with Crippen LogP contribution in [0.2, 0.25) is 0 Å². The standard InChI is InChI=1S/C14H28N2O6/c1-5-19-15(20-6-2)13(17)11-9-10-12-14(18)16(21-7-3)22-8-4/h5-12H2,1-4H3. The molecule has 0 radical (unpaired) electrons. The molecule has 0 aromatic carbocycles. The molecule has 0 aromatic rings. The quantitative estimate of drug-likeness (QED) is 0.381. The lowest BCUT2D eigenvalue weighted by molar-refractivity contribution is -0.339. The highest BCUT2D eigenvalue weighted by atomic mass is 17.0. The van der Waals surface area contributed by atoms with E-state index in [2.05, 4.69) is 0 Å². The van der Waals surface area contributed by atoms with Crippen LogP contribution in [-0.4, -0.2) is 48.7 Å². The third-order valence-corrected chi connectivity index (χ3v) is 2.42. The zero-order chi connectivity index (χ0) is 16.8. The van der Waals surface area contributed by atoms with E-state index in [0.29, 0.717) is 39.3 Å². The molecular formula is C14H28N2O6. The van der Waals surface area contributed by atoms with Crippen LogP contribution < -0.4 is 0 Å². The number of unbranched alkanes of at least 4 members (excludes halogenated alkanes) is 1. The Hall–Kier alpha value is -1.22. The Bertz CT molecular complexity index is 272. The number of nitrogens with zero attached hydrogens (tertiary/aromatic N) is 2. The number of rotatable bonds is 13. The summed E-state index contributed by atoms with van der Waals surface area (Å²) in [6.45, 7) is 8.48. The van der Waals surface area contributed by atoms with E-state index in [4.69, 9.17) is 19.4 Å². The van der Waals surface area contributed by atoms with Crippen molar-refractivity contribution in [2.24, 2.45) is 0 Å². The minimum absolute atomic E-state index is 0.247. The van der Waals surface area contributed by atoms with Crippen LogP contribution in [0.5, 0.6) is 0 Å². The van der Waals surface area contributed by atoms with E-state index in [1.54, 1.807) is 27.7 Å². The average Bonchev–Trinajstić information content (AvgIpc) is 2.50. The number of carbonyl (C=O) groups is 2. The monoisotopic (exact) mass is 320 g/mol. The fourth-order valence-electron chi connectivity index (χ4n) is 1.57. The summed E-state index contributed by atoms with van der Waals surface area (Å²) < 4.78 is 0. The van der Waals surface area contributed by atoms with Crippen molar-refractivity contribution in [3.63, 3.8) is 0 Å². The molecule has 0 aliphatic rings. The molecule has 0 bridgehead atoms. The second-order valence-electron chi connectivity index (χ2n) is 4.18. The zero-order valence-electron chi connectivity index (χ0n) is 14.0. The summed E-state index contributed by atoms with van der Waals surface area (Å²) in [5, 5.41) is 1.82. The molecule has 0 heterocycles. The summed E-state index contributed by atoms with van der Waals surface area (Å²) in [6, 6.07) is 0. The van der Waals surface area contributed by atoms with E-state index in [1.165, 1.54) is 0 Å². The molecule has 0 aliphatic heterocycles. The molecule has 0 aliphatic carbocycles. The lowest BCUT2D eigenvalue weighted by Crippen LogP contribution is -2.32. The lowest BCUT2D eigenvalue weighted by atomic mass is 10.2. The number of hydroxylamine groups is 4. The van der Waals surface area contributed by atoms with Gasteiger partial charge in [0.05, 0.1) is 26.4 Å². The molecular weight excluding hydrogens is 292 g/mol. The summed E-state index contributed by atoms with van der Waals surface area (Å²) in [4.78, 5) is 44.0. The van der Waals surface area contributed by atoms with E-state index < -0.39 is 0 Å². The van der Waals surface area contributed by atoms with Gasteiger partial charge in [0.15, 0.2) is 0 Å². The molecule has 0 N–H and O–H groups in total. The molecule has 22 heavy (non-hydrogen) atoms. The van der Waals surface area contributed by atoms with E-state index in [0.717, 1.165) is 10.5 Å². The smallest absolute Gasteiger partial charge is 0.270 e. The highest BCUT2D eigenvalue weighted by Gasteiger charge is 2.17. The predicted molar refractivity (Wildman–Crippen MR) is 78.7 cm³/mol. The molecule has 0 fully saturated rings. The number of hydrogen-bond acceptors (Lipinski definition) is 6. The first-order valence-electron chi connectivity index (χ1n) is 7.78. The second kappa shape index (κ2) is 13.4. The van der Waals surface area contributed by atoms with Gasteiger partial charge < -0.3 is 0 Å². The molecule has 0 aromatic heterocycles. The number of amides is 2. The molecule has 130 valence electrons. The molecule has 0 rings (SSSR count). The summed E-state index contributed by atoms with van der Waals surface area (Å²) in [7, 11) is 0. The summed E-state index contributed by atoms with van der Waals surface area (Å²) >= 11 is 0. The van der Waals surface area contributed by atoms with Gasteiger partial charge in [-0.05, 0) is 40.5 Å². The van der Waals surface area contributed by atoms with E-state index in [1.807, 2.05) is 0 Å². The number of hydrogen-bond donors (Lipinski definition) is 0. The van der Waals surface area contributed by atoms with Crippen LogP contribution >= 0.6 is 0 Å². The maximum Gasteiger partial charge on any atom is 0.273 e. The normalized spacial score (nSPS) is 10.5. The Morgan fingerprint density at radius 1 is 0.636 bits per heavy atom. The first-order chi connectivity index (χ1) is 10.6. The van der Waals surface area contributed by atoms with Crippen molar-refractivity contribution >= 4 is 11.8 Å². The molecule has 0 unspecified atom stereocenters. The molecule has 8 heteroatoms. The van der Waals surface area contributed by atoms with Gasteiger partial charge in [-0.25, -0.2) is 19.4 Å². The maximum absolute atomic E-state index is 11.8. The van der Waals surface area contributed by atoms with Gasteiger partial charge >= 0.3 is 0 Å². The van der Waals surface area contributed by atoms with Gasteiger partial charge in [-0.3, -0.25) is 9.59 Å². The fourth-order valence-corrected chi connectivity index (χ4v) is 1.57. The largest absolute Gasteiger partial charge is 0.273 e. The highest BCUT2D eigenvalue weighted by Crippen LogP contribution is 2.08. The predicted octanol–water partition coefficient (Wildman–Crippen LogP) is 2.01. The second-order valence-corrected chi connectivity index (χ2v) is 4.18. The van der Waals surface area contributed by atoms with Crippen molar-refractivity contribution < 1.29 is 28.9 Å². The van der Waals surface area contributed by atoms with Gasteiger partial charge in [0.25, 0.3) is 11.8 Å². The minimum Gasteiger partial charge on any atom is -0.270 e. The summed E-state index contributed by atoms with van der Waals surface area (Å²) in [5.41, 5.74) is 0. The minimum atomic E-state index is -0.261. The molecule has 2 amide bonds. The van der Waals surface area contributed by atoms with Crippen molar-refractivity contribution in [3.8, 4) is 0 Å². The SMILES string of the molecule is CCON(OCC)C(=O)CCCCC(=O)N(OCC)OCC. The molecule has 0 atom stereocenters. The van der Waals surface area contributed by atoms with Crippen molar-refractivity contribution in [2.45, 2.75) is 53.4 Å². The Morgan fingerprint density at radius 2 is 0.909 bits per heavy atom. The fraction of sp³-hybridized carbons (Fsp3) is 0.857. The van der Waals surface area contributed by atoms with Crippen LogP contribution in [0.4, 0.5) is 0 Å². The van der Waals surface area contributed by atoms with Gasteiger partial charge in [-0.1, -0.05) is 10.5 Å². The Morgan fingerprint density at radius 3 is 1.14 bits per heavy atom. The maximum atomic E-state index is 11.8. The van der Waals surface area contributed by atoms with Gasteiger partial charge in [0.1, 0.15) is 0 Å². The highest BCUT2D eigenvalue weighted by molar-refractivity contribution is 5.75. The van der Waals surface area contributed by atoms with Gasteiger partial charge in [-0.2, -0.15) is 0 Å². The van der Waals surface area contributed by atoms with Crippen LogP contribution in [0.1, 0.15) is 53.4 Å². The Labute approximate surface area is 132 Å². The third-order valence-electron chi connectivity index (χ3n) is 2.42. The lowest BCUT2D eigenvalue weighted by Gasteiger charge is -2.20. The van der Waals surface area contributed by atoms with Gasteiger partial charge in [-0.15, -0.1) is 0 Å². The Kier molecular flexibility index (Phi) is 12.7. The zero-order valence-corrected chi connectivity index (χ0v) is 14.0. The van der Waals surface area contributed by atoms with Crippen LogP contribution in [-0.2, 0) is 28.9 Å². The van der Waals surface area contributed by atoms with Crippen LogP contribution in [0.15, 0.2) is 0 Å². The summed E-state index contributed by atoms with van der Waals surface area (Å²) in [5.74, 6) is -0.523. The molecule has 8 nitrogen and oxygen atoms in total. The molecule has 0 saturated carbocycles. The van der Waals surface area contributed by atoms with Crippen molar-refractivity contribution in [1.82, 2.24) is 10.5 Å². The van der Waals surface area contributed by atoms with Gasteiger partial charge in [0.2, 0.25) is 0 Å². The average molecular weight is 320 g/mol. The molecule has 0 spiro atoms. The van der Waals surface area contributed by atoms with Crippen molar-refractivity contribution in [3.05, 3.63) is 0 Å². The van der Waals surface area contributed by atoms with E-state index >= 15 is 0 Å². The van der Waals surface area contributed by atoms with Crippen LogP contribution in [0.3, 0.4) is 0 Å². The van der Waals surface area contributed by atoms with E-state index in [9.17, 15) is 9.59 Å². The third kappa shape index (κ3) is 8.93. The first-order valence-corrected chi connectivity index (χ1v) is 7.78. The number of carbonyl (C=O) groups excluding carboxylic acids is 2. The summed E-state index contributed by atoms with van der Waals surface area (Å²) in [6.07, 6.45) is 1.59. The van der Waals surface area contributed by atoms with Crippen LogP contribution in [0, 0.1) is 0 Å². The van der Waals surface area contributed by atoms with E-state index in [-0.39, 0.29) is 24.7 Å². The van der Waals surface area contributed by atoms with Gasteiger partial charge in [0, 0.05) is 12.8 Å². The Balaban J connectivity index is 4.03. The molecule has 0 saturated heterocycles.